The molecule has 0 bridgehead atoms. The lowest BCUT2D eigenvalue weighted by Crippen LogP contribution is -2.47. The number of anilines is 1. The van der Waals surface area contributed by atoms with Gasteiger partial charge < -0.3 is 21.1 Å². The highest BCUT2D eigenvalue weighted by Crippen LogP contribution is 2.12. The maximum Gasteiger partial charge on any atom is 0.329 e. The van der Waals surface area contributed by atoms with Gasteiger partial charge in [-0.3, -0.25) is 14.4 Å². The van der Waals surface area contributed by atoms with Crippen molar-refractivity contribution >= 4 is 29.4 Å². The van der Waals surface area contributed by atoms with Crippen LogP contribution in [0.4, 0.5) is 5.69 Å². The van der Waals surface area contributed by atoms with E-state index in [4.69, 9.17) is 10.5 Å². The second-order valence-corrected chi connectivity index (χ2v) is 7.46. The van der Waals surface area contributed by atoms with Crippen molar-refractivity contribution in [2.45, 2.75) is 39.3 Å². The summed E-state index contributed by atoms with van der Waals surface area (Å²) < 4.78 is 5.28. The average molecular weight is 425 g/mol. The summed E-state index contributed by atoms with van der Waals surface area (Å²) in [6.07, 6.45) is -0.954. The molecule has 2 aromatic rings. The number of ether oxygens (including phenoxy) is 1. The largest absolute Gasteiger partial charge is 0.451 e. The van der Waals surface area contributed by atoms with Gasteiger partial charge >= 0.3 is 5.97 Å². The van der Waals surface area contributed by atoms with Crippen molar-refractivity contribution in [2.75, 3.05) is 5.32 Å². The highest BCUT2D eigenvalue weighted by atomic mass is 16.5. The predicted molar refractivity (Wildman–Crippen MR) is 116 cm³/mol. The Morgan fingerprint density at radius 3 is 2.10 bits per heavy atom. The van der Waals surface area contributed by atoms with E-state index in [1.165, 1.54) is 31.2 Å². The first kappa shape index (κ1) is 23.6. The summed E-state index contributed by atoms with van der Waals surface area (Å²) in [4.78, 5) is 48.4. The Morgan fingerprint density at radius 1 is 0.935 bits per heavy atom. The molecule has 2 atom stereocenters. The van der Waals surface area contributed by atoms with Crippen LogP contribution >= 0.6 is 0 Å². The predicted octanol–water partition coefficient (Wildman–Crippen LogP) is 2.04. The van der Waals surface area contributed by atoms with Crippen molar-refractivity contribution in [1.82, 2.24) is 5.32 Å². The molecule has 8 heteroatoms. The Kier molecular flexibility index (Phi) is 8.31. The van der Waals surface area contributed by atoms with E-state index in [0.717, 1.165) is 5.56 Å². The van der Waals surface area contributed by atoms with E-state index < -0.39 is 29.9 Å². The maximum atomic E-state index is 12.6. The van der Waals surface area contributed by atoms with Crippen LogP contribution in [0.1, 0.15) is 36.7 Å². The molecule has 164 valence electrons. The quantitative estimate of drug-likeness (QED) is 0.530. The molecule has 0 aliphatic heterocycles. The number of hydrogen-bond donors (Lipinski definition) is 3. The first-order valence-corrected chi connectivity index (χ1v) is 9.92. The zero-order valence-corrected chi connectivity index (χ0v) is 17.8. The summed E-state index contributed by atoms with van der Waals surface area (Å²) in [5.74, 6) is -2.35. The fourth-order valence-corrected chi connectivity index (χ4v) is 2.77. The molecule has 0 aromatic heterocycles. The third-order valence-corrected chi connectivity index (χ3v) is 4.54. The van der Waals surface area contributed by atoms with Gasteiger partial charge in [0, 0.05) is 11.3 Å². The summed E-state index contributed by atoms with van der Waals surface area (Å²) in [6.45, 7) is 4.99. The number of benzene rings is 2. The molecule has 31 heavy (non-hydrogen) atoms. The maximum absolute atomic E-state index is 12.6. The van der Waals surface area contributed by atoms with E-state index in [9.17, 15) is 19.2 Å². The zero-order valence-electron chi connectivity index (χ0n) is 17.8. The summed E-state index contributed by atoms with van der Waals surface area (Å²) in [5, 5.41) is 5.29. The summed E-state index contributed by atoms with van der Waals surface area (Å²) in [5.41, 5.74) is 6.74. The molecule has 0 saturated carbocycles. The van der Waals surface area contributed by atoms with Gasteiger partial charge in [0.25, 0.3) is 5.91 Å². The minimum atomic E-state index is -1.09. The molecule has 0 heterocycles. The minimum absolute atomic E-state index is 0.134. The van der Waals surface area contributed by atoms with Crippen LogP contribution in [0.15, 0.2) is 54.6 Å². The number of hydrogen-bond acceptors (Lipinski definition) is 5. The average Bonchev–Trinajstić information content (AvgIpc) is 2.72. The molecular formula is C23H27N3O5. The number of rotatable bonds is 9. The van der Waals surface area contributed by atoms with E-state index in [1.807, 2.05) is 30.3 Å². The fourth-order valence-electron chi connectivity index (χ4n) is 2.77. The normalized spacial score (nSPS) is 12.5. The molecule has 3 amide bonds. The van der Waals surface area contributed by atoms with Gasteiger partial charge in [-0.2, -0.15) is 0 Å². The molecule has 2 aromatic carbocycles. The topological polar surface area (TPSA) is 128 Å². The second kappa shape index (κ2) is 10.9. The van der Waals surface area contributed by atoms with Crippen LogP contribution in [0.25, 0.3) is 0 Å². The smallest absolute Gasteiger partial charge is 0.329 e. The Bertz CT molecular complexity index is 926. The van der Waals surface area contributed by atoms with Crippen LogP contribution in [0, 0.1) is 5.92 Å². The van der Waals surface area contributed by atoms with Crippen molar-refractivity contribution in [3.05, 3.63) is 65.7 Å². The summed E-state index contributed by atoms with van der Waals surface area (Å²) in [7, 11) is 0. The van der Waals surface area contributed by atoms with Gasteiger partial charge in [-0.15, -0.1) is 0 Å². The Labute approximate surface area is 181 Å². The Hall–Kier alpha value is -3.68. The van der Waals surface area contributed by atoms with Crippen LogP contribution in [-0.4, -0.2) is 35.8 Å². The number of nitrogens with two attached hydrogens (primary N) is 1. The first-order chi connectivity index (χ1) is 14.7. The SMILES string of the molecule is CC(C)[C@H](NC(=O)Cc1ccccc1)C(=O)O[C@H](C)C(=O)Nc1ccc(C(N)=O)cc1. The Morgan fingerprint density at radius 2 is 1.55 bits per heavy atom. The van der Waals surface area contributed by atoms with Crippen molar-refractivity contribution in [3.8, 4) is 0 Å². The van der Waals surface area contributed by atoms with Gasteiger partial charge in [-0.1, -0.05) is 44.2 Å². The molecule has 4 N–H and O–H groups in total. The number of carbonyl (C=O) groups excluding carboxylic acids is 4. The van der Waals surface area contributed by atoms with E-state index in [1.54, 1.807) is 13.8 Å². The third kappa shape index (κ3) is 7.26. The third-order valence-electron chi connectivity index (χ3n) is 4.54. The molecule has 0 spiro atoms. The van der Waals surface area contributed by atoms with Gasteiger partial charge in [0.15, 0.2) is 6.10 Å². The van der Waals surface area contributed by atoms with E-state index in [2.05, 4.69) is 10.6 Å². The molecule has 8 nitrogen and oxygen atoms in total. The molecule has 0 aliphatic rings. The van der Waals surface area contributed by atoms with Crippen LogP contribution < -0.4 is 16.4 Å². The van der Waals surface area contributed by atoms with Crippen molar-refractivity contribution in [2.24, 2.45) is 11.7 Å². The van der Waals surface area contributed by atoms with Gasteiger partial charge in [0.05, 0.1) is 6.42 Å². The number of nitrogens with one attached hydrogen (secondary N) is 2. The van der Waals surface area contributed by atoms with Gasteiger partial charge in [0.1, 0.15) is 6.04 Å². The van der Waals surface area contributed by atoms with Crippen LogP contribution in [-0.2, 0) is 25.5 Å². The van der Waals surface area contributed by atoms with E-state index in [-0.39, 0.29) is 18.2 Å². The fraction of sp³-hybridized carbons (Fsp3) is 0.304. The lowest BCUT2D eigenvalue weighted by Gasteiger charge is -2.23. The lowest BCUT2D eigenvalue weighted by molar-refractivity contribution is -0.157. The van der Waals surface area contributed by atoms with Crippen molar-refractivity contribution < 1.29 is 23.9 Å². The number of amides is 3. The Balaban J connectivity index is 1.93. The highest BCUT2D eigenvalue weighted by molar-refractivity contribution is 5.97. The lowest BCUT2D eigenvalue weighted by atomic mass is 10.0. The molecule has 0 radical (unpaired) electrons. The molecule has 0 aliphatic carbocycles. The molecule has 0 fully saturated rings. The van der Waals surface area contributed by atoms with Gasteiger partial charge in [-0.25, -0.2) is 4.79 Å². The van der Waals surface area contributed by atoms with Gasteiger partial charge in [0.2, 0.25) is 11.8 Å². The number of primary amides is 1. The van der Waals surface area contributed by atoms with E-state index >= 15 is 0 Å². The summed E-state index contributed by atoms with van der Waals surface area (Å²) >= 11 is 0. The number of carbonyl (C=O) groups is 4. The van der Waals surface area contributed by atoms with Crippen LogP contribution in [0.5, 0.6) is 0 Å². The standard InChI is InChI=1S/C23H27N3O5/c1-14(2)20(26-19(27)13-16-7-5-4-6-8-16)23(30)31-15(3)22(29)25-18-11-9-17(10-12-18)21(24)28/h4-12,14-15,20H,13H2,1-3H3,(H2,24,28)(H,25,29)(H,26,27)/t15-,20+/m1/s1. The molecule has 0 unspecified atom stereocenters. The molecule has 2 rings (SSSR count). The second-order valence-electron chi connectivity index (χ2n) is 7.46. The monoisotopic (exact) mass is 425 g/mol. The minimum Gasteiger partial charge on any atom is -0.451 e. The van der Waals surface area contributed by atoms with Crippen LogP contribution in [0.3, 0.4) is 0 Å². The highest BCUT2D eigenvalue weighted by Gasteiger charge is 2.29. The summed E-state index contributed by atoms with van der Waals surface area (Å²) in [6, 6.07) is 14.3. The molecular weight excluding hydrogens is 398 g/mol. The number of esters is 1. The molecule has 0 saturated heterocycles. The van der Waals surface area contributed by atoms with Gasteiger partial charge in [-0.05, 0) is 42.7 Å². The van der Waals surface area contributed by atoms with Crippen molar-refractivity contribution in [1.29, 1.82) is 0 Å². The first-order valence-electron chi connectivity index (χ1n) is 9.92. The van der Waals surface area contributed by atoms with Crippen LogP contribution in [0.2, 0.25) is 0 Å². The van der Waals surface area contributed by atoms with Crippen molar-refractivity contribution in [3.63, 3.8) is 0 Å². The zero-order chi connectivity index (χ0) is 23.0. The van der Waals surface area contributed by atoms with E-state index in [0.29, 0.717) is 11.3 Å².